The molecule has 0 aliphatic rings. The van der Waals surface area contributed by atoms with Crippen molar-refractivity contribution in [2.75, 3.05) is 52.4 Å². The van der Waals surface area contributed by atoms with E-state index in [1.165, 1.54) is 0 Å². The van der Waals surface area contributed by atoms with Crippen LogP contribution in [0.15, 0.2) is 42.2 Å². The Morgan fingerprint density at radius 1 is 0.291 bits per heavy atom. The van der Waals surface area contributed by atoms with Crippen LogP contribution >= 0.6 is 0 Å². The Bertz CT molecular complexity index is 2380. The fourth-order valence-electron chi connectivity index (χ4n) is 8.47. The Hall–Kier alpha value is -6.45. The molecule has 0 aliphatic carbocycles. The third-order valence-electron chi connectivity index (χ3n) is 15.9. The molecule has 0 aromatic rings. The lowest BCUT2D eigenvalue weighted by atomic mass is 9.94. The molecule has 0 heterocycles. The van der Waals surface area contributed by atoms with E-state index in [-0.39, 0.29) is 153 Å². The van der Waals surface area contributed by atoms with Gasteiger partial charge in [0.2, 0.25) is 0 Å². The number of carbonyl (C=O) groups is 10. The fraction of sp³-hybridized carbons (Fsp3) is 0.787. The molecule has 10 atom stereocenters. The number of hydrogen-bond acceptors (Lipinski definition) is 28. The first-order valence-corrected chi connectivity index (χ1v) is 39.4. The Balaban J connectivity index is -0.000000127. The van der Waals surface area contributed by atoms with E-state index in [1.54, 1.807) is 0 Å². The lowest BCUT2D eigenvalue weighted by Crippen LogP contribution is -2.42. The summed E-state index contributed by atoms with van der Waals surface area (Å²) in [4.78, 5) is 115. The second-order valence-electron chi connectivity index (χ2n) is 30.6. The number of hydrogen-bond donors (Lipinski definition) is 19. The summed E-state index contributed by atoms with van der Waals surface area (Å²) in [6, 6.07) is -2.65. The molecule has 0 saturated heterocycles. The SMILES string of the molecule is C=C(N)NCC[C@@H](N)C(=O)C(C)C.C=C(N)NC[C@@H](N)C(=O)C(C)C.C=C(N)NC[C@H](N)C(=O)C(C)C.CC(C)C(=O)[C@@H](C)CCN.CC(C)C(=O)[C@@H](C)CN.CC(C)C(=O)[C@@H](N)CCN=C(N)N.CC(C)C(=O)[C@H](C)CN.CC(C)C(=O)[C@H](N)CCN.CCCC[C@@H](N)C(=O)C(C)C.CCCC[C@H](N)C(=O)C(C)C. The number of carbonyl (C=O) groups excluding carboxylic acids is 10. The van der Waals surface area contributed by atoms with E-state index in [1.807, 2.05) is 159 Å². The average Bonchev–Trinajstić information content (AvgIpc) is 0.974. The summed E-state index contributed by atoms with van der Waals surface area (Å²) in [5, 5.41) is 8.26. The van der Waals surface area contributed by atoms with Crippen molar-refractivity contribution < 1.29 is 47.9 Å². The highest BCUT2D eigenvalue weighted by Gasteiger charge is 2.22. The summed E-state index contributed by atoms with van der Waals surface area (Å²) in [6.45, 7) is 61.3. The predicted octanol–water partition coefficient (Wildman–Crippen LogP) is 4.42. The quantitative estimate of drug-likeness (QED) is 0.0296. The molecule has 0 fully saturated rings. The number of aliphatic imine (C=N–C) groups is 1. The van der Waals surface area contributed by atoms with Gasteiger partial charge in [-0.25, -0.2) is 0 Å². The van der Waals surface area contributed by atoms with Gasteiger partial charge in [0.05, 0.1) is 59.8 Å². The number of guanidine groups is 1. The van der Waals surface area contributed by atoms with E-state index in [0.717, 1.165) is 44.9 Å². The molecule has 0 aromatic carbocycles. The summed E-state index contributed by atoms with van der Waals surface area (Å²) < 4.78 is 0. The minimum atomic E-state index is -0.495. The van der Waals surface area contributed by atoms with E-state index in [9.17, 15) is 47.9 Å². The third-order valence-corrected chi connectivity index (χ3v) is 15.9. The standard InChI is InChI=1S/C9H19N3O.2C9H19NO.C8H18N4O.2C8H17N3O.C8H17NO.C7H16N2O.2C7H15NO/c1-6(2)9(13)8(11)4-5-12-7(3)10;2*1-4-5-6-8(10)9(11)7(2)3;1-5(2)7(13)6(9)3-4-12-8(10)11;2*1-5(2)8(12)7(10)4-11-6(3)9;1-6(2)8(10)7(3)4-5-9;1-5(2)7(10)6(9)3-4-8;2*1-5(2)7(9)6(3)4-8/h6,8,12H,3-5,10-11H2,1-2H3;2*7-8H,4-6,10H2,1-3H3;5-6H,3-4,9H2,1-2H3,(H4,10,11,12);2*5,7,11H,3-4,9-10H2,1-2H3;6-7H,4-5,9H2,1-3H3;5-6H,3-4,8-9H2,1-2H3;2*5-6H,4,8H2,1-3H3/t3*8-;6-;3*7-;3*6-/m1100100110/s1. The third kappa shape index (κ3) is 79.6. The molecule has 0 rings (SSSR count). The molecule has 0 bridgehead atoms. The van der Waals surface area contributed by atoms with Crippen LogP contribution < -0.4 is 108 Å². The largest absolute Gasteiger partial charge is 0.386 e. The zero-order valence-corrected chi connectivity index (χ0v) is 73.7. The van der Waals surface area contributed by atoms with Gasteiger partial charge >= 0.3 is 0 Å². The van der Waals surface area contributed by atoms with Gasteiger partial charge in [0.1, 0.15) is 17.3 Å². The molecule has 0 radical (unpaired) electrons. The molecular formula is C80H172N20O10. The molecule has 652 valence electrons. The van der Waals surface area contributed by atoms with Gasteiger partial charge in [0, 0.05) is 116 Å². The second kappa shape index (κ2) is 76.5. The van der Waals surface area contributed by atoms with Crippen molar-refractivity contribution in [1.82, 2.24) is 16.0 Å². The molecule has 0 aromatic heterocycles. The minimum absolute atomic E-state index is 0.00363. The Morgan fingerprint density at radius 3 is 0.709 bits per heavy atom. The van der Waals surface area contributed by atoms with Gasteiger partial charge in [-0.15, -0.1) is 0 Å². The van der Waals surface area contributed by atoms with Crippen molar-refractivity contribution in [2.45, 2.75) is 280 Å². The minimum Gasteiger partial charge on any atom is -0.386 e. The second-order valence-corrected chi connectivity index (χ2v) is 30.6. The van der Waals surface area contributed by atoms with Crippen molar-refractivity contribution in [3.8, 4) is 0 Å². The van der Waals surface area contributed by atoms with Gasteiger partial charge in [0.25, 0.3) is 0 Å². The number of Topliss-reactive ketones (excluding diaryl/α,β-unsaturated/α-hetero) is 10. The van der Waals surface area contributed by atoms with Crippen LogP contribution in [0.2, 0.25) is 0 Å². The average molecular weight is 1570 g/mol. The molecule has 30 nitrogen and oxygen atoms in total. The topological polar surface area (TPSA) is 635 Å². The van der Waals surface area contributed by atoms with Crippen LogP contribution in [0.5, 0.6) is 0 Å². The normalized spacial score (nSPS) is 13.2. The molecule has 0 amide bonds. The first-order chi connectivity index (χ1) is 50.3. The van der Waals surface area contributed by atoms with Gasteiger partial charge in [-0.1, -0.05) is 219 Å². The van der Waals surface area contributed by atoms with Gasteiger partial charge in [-0.3, -0.25) is 52.9 Å². The zero-order chi connectivity index (χ0) is 89.2. The molecule has 35 N–H and O–H groups in total. The summed E-state index contributed by atoms with van der Waals surface area (Å²) >= 11 is 0. The fourth-order valence-corrected chi connectivity index (χ4v) is 8.47. The number of nitrogens with two attached hydrogens (primary N) is 16. The summed E-state index contributed by atoms with van der Waals surface area (Å²) in [6.07, 6.45) is 8.51. The van der Waals surface area contributed by atoms with Crippen molar-refractivity contribution in [1.29, 1.82) is 0 Å². The molecule has 0 saturated carbocycles. The smallest absolute Gasteiger partial charge is 0.185 e. The lowest BCUT2D eigenvalue weighted by Gasteiger charge is -2.13. The molecule has 0 spiro atoms. The predicted molar refractivity (Wildman–Crippen MR) is 460 cm³/mol. The van der Waals surface area contributed by atoms with E-state index in [4.69, 9.17) is 91.7 Å². The van der Waals surface area contributed by atoms with Crippen LogP contribution in [-0.4, -0.2) is 158 Å². The van der Waals surface area contributed by atoms with Crippen LogP contribution in [0.3, 0.4) is 0 Å². The van der Waals surface area contributed by atoms with Crippen molar-refractivity contribution >= 4 is 63.8 Å². The molecule has 30 heteroatoms. The van der Waals surface area contributed by atoms with Gasteiger partial charge < -0.3 is 108 Å². The van der Waals surface area contributed by atoms with Crippen LogP contribution in [0.4, 0.5) is 0 Å². The number of ketones is 10. The molecular weight excluding hydrogens is 1400 g/mol. The summed E-state index contributed by atoms with van der Waals surface area (Å²) in [5.41, 5.74) is 86.3. The molecule has 0 aliphatic heterocycles. The van der Waals surface area contributed by atoms with Crippen molar-refractivity contribution in [3.05, 3.63) is 37.2 Å². The molecule has 110 heavy (non-hydrogen) atoms. The maximum absolute atomic E-state index is 11.3. The highest BCUT2D eigenvalue weighted by molar-refractivity contribution is 5.89. The van der Waals surface area contributed by atoms with Crippen LogP contribution in [-0.2, 0) is 47.9 Å². The van der Waals surface area contributed by atoms with Gasteiger partial charge in [0.15, 0.2) is 46.4 Å². The van der Waals surface area contributed by atoms with Crippen molar-refractivity contribution in [2.24, 2.45) is 174 Å². The van der Waals surface area contributed by atoms with Crippen LogP contribution in [0.1, 0.15) is 237 Å². The molecule has 0 unspecified atom stereocenters. The van der Waals surface area contributed by atoms with Crippen LogP contribution in [0.25, 0.3) is 0 Å². The highest BCUT2D eigenvalue weighted by Crippen LogP contribution is 2.11. The highest BCUT2D eigenvalue weighted by atomic mass is 16.2. The Morgan fingerprint density at radius 2 is 0.509 bits per heavy atom. The number of rotatable bonds is 45. The van der Waals surface area contributed by atoms with Gasteiger partial charge in [-0.2, -0.15) is 0 Å². The monoisotopic (exact) mass is 1570 g/mol. The maximum Gasteiger partial charge on any atom is 0.185 e. The number of unbranched alkanes of at least 4 members (excludes halogenated alkanes) is 2. The van der Waals surface area contributed by atoms with E-state index >= 15 is 0 Å². The van der Waals surface area contributed by atoms with E-state index < -0.39 is 24.2 Å². The number of nitrogens with zero attached hydrogens (tertiary/aromatic N) is 1. The summed E-state index contributed by atoms with van der Waals surface area (Å²) in [7, 11) is 0. The summed E-state index contributed by atoms with van der Waals surface area (Å²) in [5.74, 6) is 3.35. The van der Waals surface area contributed by atoms with Crippen LogP contribution in [0, 0.1) is 76.9 Å². The first-order valence-electron chi connectivity index (χ1n) is 39.4. The van der Waals surface area contributed by atoms with E-state index in [0.29, 0.717) is 94.9 Å². The Kier molecular flexibility index (Phi) is 86.6. The maximum atomic E-state index is 11.3. The van der Waals surface area contributed by atoms with Crippen molar-refractivity contribution in [3.63, 3.8) is 0 Å². The zero-order valence-electron chi connectivity index (χ0n) is 73.7. The Labute approximate surface area is 667 Å². The number of nitrogens with one attached hydrogen (secondary N) is 3. The first kappa shape index (κ1) is 124. The van der Waals surface area contributed by atoms with Gasteiger partial charge in [-0.05, 0) is 51.6 Å². The van der Waals surface area contributed by atoms with E-state index in [2.05, 4.69) is 54.5 Å². The lowest BCUT2D eigenvalue weighted by molar-refractivity contribution is -0.126.